The third-order valence-electron chi connectivity index (χ3n) is 7.41. The second kappa shape index (κ2) is 17.7. The number of aromatic hydroxyl groups is 1. The summed E-state index contributed by atoms with van der Waals surface area (Å²) in [5, 5.41) is 9.51. The predicted molar refractivity (Wildman–Crippen MR) is 166 cm³/mol. The molecule has 42 heavy (non-hydrogen) atoms. The van der Waals surface area contributed by atoms with Gasteiger partial charge in [0.2, 0.25) is 10.0 Å². The zero-order valence-corrected chi connectivity index (χ0v) is 25.8. The lowest BCUT2D eigenvalue weighted by atomic mass is 9.77. The van der Waals surface area contributed by atoms with E-state index in [1.807, 2.05) is 36.9 Å². The molecule has 0 radical (unpaired) electrons. The molecule has 2 aliphatic rings. The van der Waals surface area contributed by atoms with Gasteiger partial charge in [0.1, 0.15) is 10.7 Å². The molecular weight excluding hydrogens is 556 g/mol. The van der Waals surface area contributed by atoms with E-state index < -0.39 is 21.7 Å². The number of nitrogens with zero attached hydrogens (tertiary/aromatic N) is 1. The highest BCUT2D eigenvalue weighted by atomic mass is 32.2. The van der Waals surface area contributed by atoms with E-state index in [1.165, 1.54) is 63.4 Å². The molecule has 1 atom stereocenters. The van der Waals surface area contributed by atoms with E-state index >= 15 is 0 Å². The number of pyridine rings is 1. The first-order valence-corrected chi connectivity index (χ1v) is 16.1. The molecule has 1 aromatic heterocycles. The lowest BCUT2D eigenvalue weighted by Crippen LogP contribution is -2.19. The van der Waals surface area contributed by atoms with Gasteiger partial charge in [-0.1, -0.05) is 63.5 Å². The summed E-state index contributed by atoms with van der Waals surface area (Å²) in [5.41, 5.74) is 9.69. The summed E-state index contributed by atoms with van der Waals surface area (Å²) >= 11 is 0. The normalized spacial score (nSPS) is 16.4. The van der Waals surface area contributed by atoms with Crippen LogP contribution in [0.15, 0.2) is 78.0 Å². The van der Waals surface area contributed by atoms with Crippen molar-refractivity contribution in [2.24, 2.45) is 11.7 Å². The molecule has 2 aliphatic carbocycles. The molecule has 0 spiro atoms. The van der Waals surface area contributed by atoms with Gasteiger partial charge in [0.15, 0.2) is 11.6 Å². The smallest absolute Gasteiger partial charge is 0.243 e. The van der Waals surface area contributed by atoms with Gasteiger partial charge < -0.3 is 10.8 Å². The topological polar surface area (TPSA) is 105 Å². The van der Waals surface area contributed by atoms with Crippen LogP contribution in [-0.2, 0) is 22.9 Å². The van der Waals surface area contributed by atoms with E-state index in [0.717, 1.165) is 60.1 Å². The predicted octanol–water partition coefficient (Wildman–Crippen LogP) is 7.04. The number of aryl methyl sites for hydroxylation is 1. The van der Waals surface area contributed by atoms with Gasteiger partial charge in [0.25, 0.3) is 0 Å². The maximum absolute atomic E-state index is 13.7. The molecule has 230 valence electrons. The molecule has 1 unspecified atom stereocenters. The van der Waals surface area contributed by atoms with Gasteiger partial charge in [0, 0.05) is 18.3 Å². The number of nitrogens with one attached hydrogen (secondary N) is 1. The van der Waals surface area contributed by atoms with Crippen molar-refractivity contribution in [3.63, 3.8) is 0 Å². The zero-order chi connectivity index (χ0) is 31.1. The first-order chi connectivity index (χ1) is 20.2. The zero-order valence-electron chi connectivity index (χ0n) is 25.0. The van der Waals surface area contributed by atoms with E-state index in [4.69, 9.17) is 5.73 Å². The van der Waals surface area contributed by atoms with Crippen LogP contribution < -0.4 is 10.5 Å². The van der Waals surface area contributed by atoms with Gasteiger partial charge in [-0.2, -0.15) is 0 Å². The fourth-order valence-electron chi connectivity index (χ4n) is 5.06. The third kappa shape index (κ3) is 10.3. The summed E-state index contributed by atoms with van der Waals surface area (Å²) in [6.45, 7) is 9.05. The number of halogens is 2. The molecule has 2 aromatic carbocycles. The summed E-state index contributed by atoms with van der Waals surface area (Å²) in [6.07, 6.45) is 13.1. The van der Waals surface area contributed by atoms with Gasteiger partial charge >= 0.3 is 0 Å². The van der Waals surface area contributed by atoms with Crippen LogP contribution in [0.1, 0.15) is 75.0 Å². The fourth-order valence-corrected chi connectivity index (χ4v) is 5.86. The van der Waals surface area contributed by atoms with Gasteiger partial charge in [-0.05, 0) is 98.6 Å². The van der Waals surface area contributed by atoms with E-state index in [1.54, 1.807) is 12.3 Å². The van der Waals surface area contributed by atoms with Crippen molar-refractivity contribution in [1.29, 1.82) is 0 Å². The number of benzene rings is 2. The number of allylic oxidation sites excluding steroid dienone is 1. The number of phenols is 1. The minimum atomic E-state index is -3.65. The lowest BCUT2D eigenvalue weighted by Gasteiger charge is -2.28. The molecule has 1 fully saturated rings. The first-order valence-electron chi connectivity index (χ1n) is 14.6. The second-order valence-corrected chi connectivity index (χ2v) is 12.0. The minimum absolute atomic E-state index is 0.0954. The van der Waals surface area contributed by atoms with E-state index in [0.29, 0.717) is 0 Å². The first kappa shape index (κ1) is 35.1. The minimum Gasteiger partial charge on any atom is -0.505 e. The van der Waals surface area contributed by atoms with Crippen LogP contribution >= 0.6 is 0 Å². The van der Waals surface area contributed by atoms with Crippen molar-refractivity contribution < 1.29 is 22.3 Å². The van der Waals surface area contributed by atoms with Gasteiger partial charge in [-0.3, -0.25) is 4.98 Å². The summed E-state index contributed by atoms with van der Waals surface area (Å²) in [7, 11) is -2.42. The van der Waals surface area contributed by atoms with Crippen molar-refractivity contribution in [3.05, 3.63) is 101 Å². The Morgan fingerprint density at radius 2 is 1.71 bits per heavy atom. The summed E-state index contributed by atoms with van der Waals surface area (Å²) in [6, 6.07) is 12.1. The van der Waals surface area contributed by atoms with Crippen LogP contribution in [-0.4, -0.2) is 32.1 Å². The molecule has 6 nitrogen and oxygen atoms in total. The van der Waals surface area contributed by atoms with E-state index in [9.17, 15) is 22.3 Å². The molecular formula is C33H45F2N3O3S. The number of phenolic OH excluding ortho intramolecular Hbond substituents is 1. The molecule has 4 N–H and O–H groups in total. The quantitative estimate of drug-likeness (QED) is 0.272. The number of rotatable bonds is 5. The van der Waals surface area contributed by atoms with Crippen LogP contribution in [0.4, 0.5) is 8.78 Å². The van der Waals surface area contributed by atoms with E-state index in [2.05, 4.69) is 11.6 Å². The number of hydrogen-bond acceptors (Lipinski definition) is 5. The highest BCUT2D eigenvalue weighted by Crippen LogP contribution is 2.39. The van der Waals surface area contributed by atoms with Crippen molar-refractivity contribution in [2.75, 3.05) is 13.6 Å². The van der Waals surface area contributed by atoms with Gasteiger partial charge in [-0.15, -0.1) is 0 Å². The van der Waals surface area contributed by atoms with Crippen LogP contribution in [0.25, 0.3) is 0 Å². The Labute approximate surface area is 250 Å². The molecule has 5 rings (SSSR count). The van der Waals surface area contributed by atoms with Crippen molar-refractivity contribution >= 4 is 10.0 Å². The molecule has 3 aromatic rings. The number of hydrogen-bond donors (Lipinski definition) is 3. The molecule has 0 aliphatic heterocycles. The monoisotopic (exact) mass is 601 g/mol. The number of fused-ring (bicyclic) bond motifs is 1. The second-order valence-electron chi connectivity index (χ2n) is 10.2. The molecule has 0 bridgehead atoms. The van der Waals surface area contributed by atoms with E-state index in [-0.39, 0.29) is 16.6 Å². The van der Waals surface area contributed by atoms with Crippen LogP contribution in [0.2, 0.25) is 0 Å². The molecule has 1 saturated carbocycles. The number of nitrogens with two attached hydrogens (primary N) is 1. The lowest BCUT2D eigenvalue weighted by molar-refractivity contribution is 0.366. The maximum atomic E-state index is 13.7. The van der Waals surface area contributed by atoms with Crippen molar-refractivity contribution in [1.82, 2.24) is 9.71 Å². The SMILES string of the molecule is C=C1CCc2cc(O)c(F)cc2C1Cc1cccnc1.CC.CNS(=O)(=O)c1ccccc1F.NCC1CCCCC1. The third-order valence-corrected chi connectivity index (χ3v) is 8.86. The van der Waals surface area contributed by atoms with Crippen LogP contribution in [0.3, 0.4) is 0 Å². The Hall–Kier alpha value is -3.14. The highest BCUT2D eigenvalue weighted by molar-refractivity contribution is 7.89. The Balaban J connectivity index is 0.000000238. The molecule has 0 saturated heterocycles. The average molecular weight is 602 g/mol. The Morgan fingerprint density at radius 3 is 2.29 bits per heavy atom. The summed E-state index contributed by atoms with van der Waals surface area (Å²) < 4.78 is 50.7. The molecule has 0 amide bonds. The van der Waals surface area contributed by atoms with Crippen molar-refractivity contribution in [2.45, 2.75) is 76.0 Å². The fraction of sp³-hybridized carbons (Fsp3) is 0.424. The number of aromatic nitrogens is 1. The molecule has 1 heterocycles. The Kier molecular flexibility index (Phi) is 14.8. The van der Waals surface area contributed by atoms with Crippen LogP contribution in [0, 0.1) is 17.6 Å². The number of sulfonamides is 1. The largest absolute Gasteiger partial charge is 0.505 e. The Bertz CT molecular complexity index is 1360. The maximum Gasteiger partial charge on any atom is 0.243 e. The standard InChI is InChI=1S/C17H16FNO.C7H8FNO2S.C7H15N.C2H6/c1-11-4-5-13-8-17(20)16(18)9-15(13)14(11)7-12-3-2-6-19-10-12;1-9-12(10,11)7-5-3-2-4-6(7)8;8-6-7-4-2-1-3-5-7;1-2/h2-3,6,8-10,14,20H,1,4-5,7H2;2-5,9H,1H3;7H,1-6,8H2;1-2H3. The Morgan fingerprint density at radius 1 is 1.02 bits per heavy atom. The van der Waals surface area contributed by atoms with Gasteiger partial charge in [-0.25, -0.2) is 21.9 Å². The van der Waals surface area contributed by atoms with Crippen LogP contribution in [0.5, 0.6) is 5.75 Å². The average Bonchev–Trinajstić information content (AvgIpc) is 3.02. The van der Waals surface area contributed by atoms with Gasteiger partial charge in [0.05, 0.1) is 0 Å². The van der Waals surface area contributed by atoms with Crippen molar-refractivity contribution in [3.8, 4) is 5.75 Å². The highest BCUT2D eigenvalue weighted by Gasteiger charge is 2.25. The summed E-state index contributed by atoms with van der Waals surface area (Å²) in [4.78, 5) is 3.79. The summed E-state index contributed by atoms with van der Waals surface area (Å²) in [5.74, 6) is -0.611. The molecule has 9 heteroatoms.